The van der Waals surface area contributed by atoms with Crippen LogP contribution in [0.2, 0.25) is 0 Å². The van der Waals surface area contributed by atoms with Crippen molar-refractivity contribution in [1.29, 1.82) is 0 Å². The Kier molecular flexibility index (Phi) is 3.39. The minimum absolute atomic E-state index is 0.594. The molecule has 0 saturated heterocycles. The lowest BCUT2D eigenvalue weighted by Crippen LogP contribution is -2.33. The Balaban J connectivity index is 2.38. The van der Waals surface area contributed by atoms with E-state index in [4.69, 9.17) is 11.5 Å². The van der Waals surface area contributed by atoms with Crippen LogP contribution in [0.3, 0.4) is 0 Å². The Bertz CT molecular complexity index is 466. The van der Waals surface area contributed by atoms with Gasteiger partial charge in [-0.25, -0.2) is 0 Å². The van der Waals surface area contributed by atoms with Gasteiger partial charge in [0.25, 0.3) is 0 Å². The summed E-state index contributed by atoms with van der Waals surface area (Å²) >= 11 is 0. The van der Waals surface area contributed by atoms with E-state index in [1.54, 1.807) is 0 Å². The van der Waals surface area contributed by atoms with Crippen LogP contribution >= 0.6 is 0 Å². The molecule has 1 aliphatic rings. The molecular formula is C14H24N4. The smallest absolute Gasteiger partial charge is 0.0630 e. The van der Waals surface area contributed by atoms with Crippen molar-refractivity contribution >= 4 is 17.1 Å². The van der Waals surface area contributed by atoms with E-state index in [1.165, 1.54) is 5.56 Å². The van der Waals surface area contributed by atoms with Gasteiger partial charge in [-0.15, -0.1) is 0 Å². The highest BCUT2D eigenvalue weighted by atomic mass is 15.1. The normalized spacial score (nSPS) is 18.6. The second-order valence-corrected chi connectivity index (χ2v) is 5.64. The molecule has 0 aliphatic carbocycles. The number of nitrogens with one attached hydrogen (secondary N) is 1. The molecule has 0 radical (unpaired) electrons. The van der Waals surface area contributed by atoms with Gasteiger partial charge in [0.15, 0.2) is 0 Å². The molecule has 1 aromatic carbocycles. The SMILES string of the molecule is Cc1c(C)c(N)c2c(c1N)CC(CN(C)C)CN2. The maximum Gasteiger partial charge on any atom is 0.0630 e. The maximum absolute atomic E-state index is 6.26. The molecule has 0 aromatic heterocycles. The van der Waals surface area contributed by atoms with Crippen molar-refractivity contribution in [3.63, 3.8) is 0 Å². The monoisotopic (exact) mass is 248 g/mol. The van der Waals surface area contributed by atoms with Crippen molar-refractivity contribution in [2.75, 3.05) is 44.0 Å². The Morgan fingerprint density at radius 1 is 1.17 bits per heavy atom. The van der Waals surface area contributed by atoms with E-state index in [1.807, 2.05) is 6.92 Å². The summed E-state index contributed by atoms with van der Waals surface area (Å²) in [4.78, 5) is 2.22. The van der Waals surface area contributed by atoms with E-state index in [-0.39, 0.29) is 0 Å². The largest absolute Gasteiger partial charge is 0.398 e. The van der Waals surface area contributed by atoms with Crippen LogP contribution in [0.5, 0.6) is 0 Å². The first kappa shape index (κ1) is 13.0. The van der Waals surface area contributed by atoms with Crippen LogP contribution in [0, 0.1) is 19.8 Å². The zero-order valence-electron chi connectivity index (χ0n) is 11.8. The van der Waals surface area contributed by atoms with Gasteiger partial charge >= 0.3 is 0 Å². The third-order valence-corrected chi connectivity index (χ3v) is 3.95. The lowest BCUT2D eigenvalue weighted by atomic mass is 9.88. The molecule has 100 valence electrons. The highest BCUT2D eigenvalue weighted by Gasteiger charge is 2.24. The van der Waals surface area contributed by atoms with Crippen molar-refractivity contribution in [3.05, 3.63) is 16.7 Å². The molecule has 0 bridgehead atoms. The van der Waals surface area contributed by atoms with Crippen molar-refractivity contribution in [3.8, 4) is 0 Å². The van der Waals surface area contributed by atoms with Crippen molar-refractivity contribution < 1.29 is 0 Å². The standard InChI is InChI=1S/C14H24N4/c1-8-9(2)13(16)14-11(12(8)15)5-10(6-17-14)7-18(3)4/h10,17H,5-7,15-16H2,1-4H3. The predicted molar refractivity (Wildman–Crippen MR) is 79.0 cm³/mol. The topological polar surface area (TPSA) is 67.3 Å². The van der Waals surface area contributed by atoms with Crippen LogP contribution in [0.1, 0.15) is 16.7 Å². The number of fused-ring (bicyclic) bond motifs is 1. The number of hydrogen-bond acceptors (Lipinski definition) is 4. The molecule has 0 saturated carbocycles. The van der Waals surface area contributed by atoms with E-state index in [0.717, 1.165) is 47.7 Å². The van der Waals surface area contributed by atoms with Crippen molar-refractivity contribution in [2.24, 2.45) is 5.92 Å². The minimum atomic E-state index is 0.594. The predicted octanol–water partition coefficient (Wildman–Crippen LogP) is 1.61. The summed E-state index contributed by atoms with van der Waals surface area (Å²) in [5, 5.41) is 3.46. The molecular weight excluding hydrogens is 224 g/mol. The van der Waals surface area contributed by atoms with Gasteiger partial charge in [-0.3, -0.25) is 0 Å². The van der Waals surface area contributed by atoms with E-state index in [9.17, 15) is 0 Å². The molecule has 1 unspecified atom stereocenters. The lowest BCUT2D eigenvalue weighted by molar-refractivity contribution is 0.328. The number of nitrogen functional groups attached to an aromatic ring is 2. The van der Waals surface area contributed by atoms with Gasteiger partial charge in [-0.1, -0.05) is 0 Å². The van der Waals surface area contributed by atoms with Crippen LogP contribution in [-0.2, 0) is 6.42 Å². The summed E-state index contributed by atoms with van der Waals surface area (Å²) < 4.78 is 0. The van der Waals surface area contributed by atoms with Gasteiger partial charge in [0.1, 0.15) is 0 Å². The third kappa shape index (κ3) is 2.12. The Hall–Kier alpha value is -1.42. The Morgan fingerprint density at radius 2 is 1.78 bits per heavy atom. The van der Waals surface area contributed by atoms with Crippen LogP contribution in [-0.4, -0.2) is 32.1 Å². The highest BCUT2D eigenvalue weighted by Crippen LogP contribution is 2.39. The lowest BCUT2D eigenvalue weighted by Gasteiger charge is -2.31. The fourth-order valence-electron chi connectivity index (χ4n) is 2.78. The average molecular weight is 248 g/mol. The second kappa shape index (κ2) is 4.69. The van der Waals surface area contributed by atoms with E-state index < -0.39 is 0 Å². The van der Waals surface area contributed by atoms with Crippen LogP contribution in [0.25, 0.3) is 0 Å². The summed E-state index contributed by atoms with van der Waals surface area (Å²) in [6, 6.07) is 0. The molecule has 2 rings (SSSR count). The third-order valence-electron chi connectivity index (χ3n) is 3.95. The number of benzene rings is 1. The van der Waals surface area contributed by atoms with Gasteiger partial charge < -0.3 is 21.7 Å². The Labute approximate surface area is 109 Å². The van der Waals surface area contributed by atoms with Gasteiger partial charge in [-0.2, -0.15) is 0 Å². The van der Waals surface area contributed by atoms with Gasteiger partial charge in [0.05, 0.1) is 11.4 Å². The first-order valence-corrected chi connectivity index (χ1v) is 6.47. The quantitative estimate of drug-likeness (QED) is 0.696. The van der Waals surface area contributed by atoms with E-state index >= 15 is 0 Å². The van der Waals surface area contributed by atoms with Gasteiger partial charge in [0.2, 0.25) is 0 Å². The summed E-state index contributed by atoms with van der Waals surface area (Å²) in [5.74, 6) is 0.594. The maximum atomic E-state index is 6.26. The highest BCUT2D eigenvalue weighted by molar-refractivity contribution is 5.83. The number of hydrogen-bond donors (Lipinski definition) is 3. The van der Waals surface area contributed by atoms with E-state index in [0.29, 0.717) is 5.92 Å². The molecule has 1 aromatic rings. The number of anilines is 3. The number of nitrogens with zero attached hydrogens (tertiary/aromatic N) is 1. The van der Waals surface area contributed by atoms with Gasteiger partial charge in [0, 0.05) is 24.3 Å². The molecule has 1 aliphatic heterocycles. The van der Waals surface area contributed by atoms with Crippen molar-refractivity contribution in [2.45, 2.75) is 20.3 Å². The first-order valence-electron chi connectivity index (χ1n) is 6.47. The molecule has 4 heteroatoms. The first-order chi connectivity index (χ1) is 8.41. The minimum Gasteiger partial charge on any atom is -0.398 e. The zero-order valence-corrected chi connectivity index (χ0v) is 11.8. The van der Waals surface area contributed by atoms with Crippen LogP contribution in [0.4, 0.5) is 17.1 Å². The van der Waals surface area contributed by atoms with Gasteiger partial charge in [-0.05, 0) is 51.4 Å². The summed E-state index contributed by atoms with van der Waals surface area (Å²) in [6.45, 7) is 6.13. The fourth-order valence-corrected chi connectivity index (χ4v) is 2.78. The molecule has 4 nitrogen and oxygen atoms in total. The zero-order chi connectivity index (χ0) is 13.4. The Morgan fingerprint density at radius 3 is 2.39 bits per heavy atom. The van der Waals surface area contributed by atoms with E-state index in [2.05, 4.69) is 31.2 Å². The second-order valence-electron chi connectivity index (χ2n) is 5.64. The molecule has 1 atom stereocenters. The molecule has 0 amide bonds. The van der Waals surface area contributed by atoms with Crippen molar-refractivity contribution in [1.82, 2.24) is 4.90 Å². The number of nitrogens with two attached hydrogens (primary N) is 2. The molecule has 5 N–H and O–H groups in total. The average Bonchev–Trinajstić information content (AvgIpc) is 2.33. The summed E-state index contributed by atoms with van der Waals surface area (Å²) in [7, 11) is 4.21. The molecule has 18 heavy (non-hydrogen) atoms. The fraction of sp³-hybridized carbons (Fsp3) is 0.571. The molecule has 1 heterocycles. The number of rotatable bonds is 2. The summed E-state index contributed by atoms with van der Waals surface area (Å²) in [6.07, 6.45) is 1.01. The van der Waals surface area contributed by atoms with Crippen LogP contribution < -0.4 is 16.8 Å². The molecule has 0 spiro atoms. The molecule has 0 fully saturated rings. The van der Waals surface area contributed by atoms with Crippen LogP contribution in [0.15, 0.2) is 0 Å². The summed E-state index contributed by atoms with van der Waals surface area (Å²) in [5.41, 5.74) is 18.7.